The summed E-state index contributed by atoms with van der Waals surface area (Å²) in [6, 6.07) is 7.93. The minimum atomic E-state index is 0.0412. The van der Waals surface area contributed by atoms with E-state index < -0.39 is 0 Å². The van der Waals surface area contributed by atoms with Gasteiger partial charge < -0.3 is 10.1 Å². The minimum Gasteiger partial charge on any atom is -0.497 e. The third-order valence-corrected chi connectivity index (χ3v) is 4.57. The fourth-order valence-corrected chi connectivity index (χ4v) is 3.25. The molecule has 2 aliphatic rings. The van der Waals surface area contributed by atoms with E-state index in [0.717, 1.165) is 36.0 Å². The zero-order valence-electron chi connectivity index (χ0n) is 11.6. The van der Waals surface area contributed by atoms with Crippen molar-refractivity contribution in [1.29, 1.82) is 0 Å². The van der Waals surface area contributed by atoms with Gasteiger partial charge in [0.2, 0.25) is 5.91 Å². The van der Waals surface area contributed by atoms with Crippen LogP contribution in [0, 0.1) is 17.8 Å². The van der Waals surface area contributed by atoms with Gasteiger partial charge in [-0.25, -0.2) is 0 Å². The fraction of sp³-hybridized carbons (Fsp3) is 0.562. The highest BCUT2D eigenvalue weighted by molar-refractivity contribution is 5.79. The van der Waals surface area contributed by atoms with Crippen molar-refractivity contribution in [1.82, 2.24) is 5.32 Å². The van der Waals surface area contributed by atoms with E-state index in [1.54, 1.807) is 7.11 Å². The molecule has 102 valence electrons. The smallest absolute Gasteiger partial charge is 0.223 e. The molecule has 2 fully saturated rings. The SMILES string of the molecule is COc1cccc([C@H](C)NC(=O)C2CC3CC3C2)c1. The van der Waals surface area contributed by atoms with Crippen LogP contribution in [0.15, 0.2) is 24.3 Å². The Hall–Kier alpha value is -1.51. The van der Waals surface area contributed by atoms with Crippen LogP contribution in [-0.2, 0) is 4.79 Å². The van der Waals surface area contributed by atoms with Gasteiger partial charge in [-0.3, -0.25) is 4.79 Å². The first-order chi connectivity index (χ1) is 9.17. The van der Waals surface area contributed by atoms with Gasteiger partial charge in [-0.15, -0.1) is 0 Å². The standard InChI is InChI=1S/C16H21NO2/c1-10(11-4-3-5-15(9-11)19-2)17-16(18)14-7-12-6-13(12)8-14/h3-5,9-10,12-14H,6-8H2,1-2H3,(H,17,18)/t10-,12?,13?,14?/m0/s1. The monoisotopic (exact) mass is 259 g/mol. The summed E-state index contributed by atoms with van der Waals surface area (Å²) in [5.74, 6) is 3.01. The number of methoxy groups -OCH3 is 1. The molecule has 2 unspecified atom stereocenters. The van der Waals surface area contributed by atoms with Crippen LogP contribution in [0.3, 0.4) is 0 Å². The second-order valence-corrected chi connectivity index (χ2v) is 5.93. The molecule has 1 aromatic carbocycles. The van der Waals surface area contributed by atoms with E-state index in [0.29, 0.717) is 0 Å². The Bertz CT molecular complexity index is 475. The number of carbonyl (C=O) groups excluding carboxylic acids is 1. The summed E-state index contributed by atoms with van der Waals surface area (Å²) >= 11 is 0. The lowest BCUT2D eigenvalue weighted by Gasteiger charge is -2.18. The number of hydrogen-bond donors (Lipinski definition) is 1. The van der Waals surface area contributed by atoms with Crippen LogP contribution < -0.4 is 10.1 Å². The second-order valence-electron chi connectivity index (χ2n) is 5.93. The van der Waals surface area contributed by atoms with E-state index in [4.69, 9.17) is 4.74 Å². The van der Waals surface area contributed by atoms with Crippen LogP contribution in [0.25, 0.3) is 0 Å². The summed E-state index contributed by atoms with van der Waals surface area (Å²) in [7, 11) is 1.66. The quantitative estimate of drug-likeness (QED) is 0.903. The van der Waals surface area contributed by atoms with Crippen LogP contribution in [0.5, 0.6) is 5.75 Å². The van der Waals surface area contributed by atoms with Gasteiger partial charge in [0.25, 0.3) is 0 Å². The lowest BCUT2D eigenvalue weighted by atomic mass is 10.0. The fourth-order valence-electron chi connectivity index (χ4n) is 3.25. The highest BCUT2D eigenvalue weighted by atomic mass is 16.5. The molecule has 3 atom stereocenters. The molecule has 1 N–H and O–H groups in total. The molecule has 0 spiro atoms. The molecule has 0 radical (unpaired) electrons. The number of benzene rings is 1. The van der Waals surface area contributed by atoms with Crippen molar-refractivity contribution in [3.05, 3.63) is 29.8 Å². The zero-order valence-corrected chi connectivity index (χ0v) is 11.6. The largest absolute Gasteiger partial charge is 0.497 e. The molecular formula is C16H21NO2. The molecule has 0 bridgehead atoms. The number of fused-ring (bicyclic) bond motifs is 1. The Balaban J connectivity index is 1.60. The average Bonchev–Trinajstić information content (AvgIpc) is 3.05. The predicted octanol–water partition coefficient (Wildman–Crippen LogP) is 2.92. The number of rotatable bonds is 4. The van der Waals surface area contributed by atoms with E-state index in [2.05, 4.69) is 5.32 Å². The molecule has 0 aliphatic heterocycles. The third-order valence-electron chi connectivity index (χ3n) is 4.57. The number of hydrogen-bond acceptors (Lipinski definition) is 2. The van der Waals surface area contributed by atoms with Crippen LogP contribution >= 0.6 is 0 Å². The first-order valence-corrected chi connectivity index (χ1v) is 7.11. The van der Waals surface area contributed by atoms with Crippen molar-refractivity contribution < 1.29 is 9.53 Å². The maximum atomic E-state index is 12.2. The third kappa shape index (κ3) is 2.60. The van der Waals surface area contributed by atoms with Gasteiger partial charge in [0, 0.05) is 5.92 Å². The molecule has 19 heavy (non-hydrogen) atoms. The van der Waals surface area contributed by atoms with Crippen molar-refractivity contribution in [3.63, 3.8) is 0 Å². The number of carbonyl (C=O) groups is 1. The lowest BCUT2D eigenvalue weighted by molar-refractivity contribution is -0.125. The summed E-state index contributed by atoms with van der Waals surface area (Å²) in [5.41, 5.74) is 1.09. The molecule has 0 saturated heterocycles. The van der Waals surface area contributed by atoms with Gasteiger partial charge in [0.05, 0.1) is 13.2 Å². The molecule has 3 heteroatoms. The van der Waals surface area contributed by atoms with Crippen LogP contribution in [0.1, 0.15) is 37.8 Å². The minimum absolute atomic E-state index is 0.0412. The van der Waals surface area contributed by atoms with Gasteiger partial charge in [-0.05, 0) is 55.7 Å². The molecule has 3 rings (SSSR count). The predicted molar refractivity (Wildman–Crippen MR) is 73.9 cm³/mol. The Morgan fingerprint density at radius 2 is 2.05 bits per heavy atom. The normalized spacial score (nSPS) is 29.5. The first kappa shape index (κ1) is 12.5. The summed E-state index contributed by atoms with van der Waals surface area (Å²) in [6.07, 6.45) is 3.55. The van der Waals surface area contributed by atoms with Crippen molar-refractivity contribution in [2.45, 2.75) is 32.2 Å². The van der Waals surface area contributed by atoms with E-state index >= 15 is 0 Å². The first-order valence-electron chi connectivity index (χ1n) is 7.11. The molecule has 3 nitrogen and oxygen atoms in total. The van der Waals surface area contributed by atoms with Gasteiger partial charge in [-0.2, -0.15) is 0 Å². The Morgan fingerprint density at radius 1 is 1.32 bits per heavy atom. The second kappa shape index (κ2) is 4.87. The highest BCUT2D eigenvalue weighted by Gasteiger charge is 2.48. The number of ether oxygens (including phenoxy) is 1. The number of nitrogens with one attached hydrogen (secondary N) is 1. The number of amides is 1. The van der Waals surface area contributed by atoms with Crippen LogP contribution in [-0.4, -0.2) is 13.0 Å². The molecule has 1 amide bonds. The summed E-state index contributed by atoms with van der Waals surface area (Å²) in [5, 5.41) is 3.14. The summed E-state index contributed by atoms with van der Waals surface area (Å²) in [4.78, 5) is 12.2. The molecule has 2 aliphatic carbocycles. The maximum absolute atomic E-state index is 12.2. The van der Waals surface area contributed by atoms with E-state index in [-0.39, 0.29) is 17.9 Å². The van der Waals surface area contributed by atoms with Crippen molar-refractivity contribution in [2.75, 3.05) is 7.11 Å². The van der Waals surface area contributed by atoms with Crippen molar-refractivity contribution >= 4 is 5.91 Å². The molecule has 1 aromatic rings. The average molecular weight is 259 g/mol. The van der Waals surface area contributed by atoms with E-state index in [1.807, 2.05) is 31.2 Å². The van der Waals surface area contributed by atoms with Gasteiger partial charge in [0.15, 0.2) is 0 Å². The van der Waals surface area contributed by atoms with Gasteiger partial charge in [-0.1, -0.05) is 12.1 Å². The summed E-state index contributed by atoms with van der Waals surface area (Å²) < 4.78 is 5.22. The van der Waals surface area contributed by atoms with Crippen LogP contribution in [0.2, 0.25) is 0 Å². The molecular weight excluding hydrogens is 238 g/mol. The maximum Gasteiger partial charge on any atom is 0.223 e. The highest BCUT2D eigenvalue weighted by Crippen LogP contribution is 2.54. The Labute approximate surface area is 114 Å². The van der Waals surface area contributed by atoms with E-state index in [9.17, 15) is 4.79 Å². The lowest BCUT2D eigenvalue weighted by Crippen LogP contribution is -2.32. The topological polar surface area (TPSA) is 38.3 Å². The zero-order chi connectivity index (χ0) is 13.4. The molecule has 0 heterocycles. The molecule has 2 saturated carbocycles. The van der Waals surface area contributed by atoms with Gasteiger partial charge in [0.1, 0.15) is 5.75 Å². The Morgan fingerprint density at radius 3 is 2.74 bits per heavy atom. The molecule has 0 aromatic heterocycles. The van der Waals surface area contributed by atoms with Crippen molar-refractivity contribution in [3.8, 4) is 5.75 Å². The summed E-state index contributed by atoms with van der Waals surface area (Å²) in [6.45, 7) is 2.03. The van der Waals surface area contributed by atoms with Crippen LogP contribution in [0.4, 0.5) is 0 Å². The van der Waals surface area contributed by atoms with E-state index in [1.165, 1.54) is 6.42 Å². The Kier molecular flexibility index (Phi) is 3.21. The van der Waals surface area contributed by atoms with Crippen molar-refractivity contribution in [2.24, 2.45) is 17.8 Å². The van der Waals surface area contributed by atoms with Gasteiger partial charge >= 0.3 is 0 Å².